The van der Waals surface area contributed by atoms with Crippen molar-refractivity contribution in [3.8, 4) is 0 Å². The van der Waals surface area contributed by atoms with Gasteiger partial charge in [0.15, 0.2) is 0 Å². The van der Waals surface area contributed by atoms with Gasteiger partial charge < -0.3 is 10.2 Å². The summed E-state index contributed by atoms with van der Waals surface area (Å²) in [7, 11) is 1.81. The SMILES string of the molecule is C=CCNC(=O)C1CC1C(=O)N(C)CCCC. The fourth-order valence-corrected chi connectivity index (χ4v) is 1.85. The molecule has 0 saturated heterocycles. The molecule has 1 N–H and O–H groups in total. The number of carbonyl (C=O) groups is 2. The molecule has 0 aromatic rings. The number of carbonyl (C=O) groups excluding carboxylic acids is 2. The Bertz CT molecular complexity index is 302. The van der Waals surface area contributed by atoms with Crippen molar-refractivity contribution in [2.75, 3.05) is 20.1 Å². The molecule has 1 aliphatic carbocycles. The van der Waals surface area contributed by atoms with E-state index in [0.29, 0.717) is 13.0 Å². The average Bonchev–Trinajstić information content (AvgIpc) is 3.12. The van der Waals surface area contributed by atoms with Crippen LogP contribution in [0.25, 0.3) is 0 Å². The van der Waals surface area contributed by atoms with Gasteiger partial charge in [-0.3, -0.25) is 9.59 Å². The molecular formula is C13H22N2O2. The number of unbranched alkanes of at least 4 members (excludes halogenated alkanes) is 1. The van der Waals surface area contributed by atoms with Crippen molar-refractivity contribution in [2.45, 2.75) is 26.2 Å². The highest BCUT2D eigenvalue weighted by Crippen LogP contribution is 2.39. The minimum absolute atomic E-state index is 0.0212. The highest BCUT2D eigenvalue weighted by molar-refractivity contribution is 5.92. The Balaban J connectivity index is 2.32. The van der Waals surface area contributed by atoms with Crippen molar-refractivity contribution in [1.29, 1.82) is 0 Å². The predicted octanol–water partition coefficient (Wildman–Crippen LogP) is 1.18. The van der Waals surface area contributed by atoms with Crippen molar-refractivity contribution in [1.82, 2.24) is 10.2 Å². The lowest BCUT2D eigenvalue weighted by molar-refractivity contribution is -0.133. The summed E-state index contributed by atoms with van der Waals surface area (Å²) in [6.07, 6.45) is 4.43. The highest BCUT2D eigenvalue weighted by atomic mass is 16.2. The molecule has 0 spiro atoms. The average molecular weight is 238 g/mol. The molecule has 0 heterocycles. The second-order valence-electron chi connectivity index (χ2n) is 4.60. The zero-order valence-electron chi connectivity index (χ0n) is 10.7. The minimum Gasteiger partial charge on any atom is -0.352 e. The van der Waals surface area contributed by atoms with Gasteiger partial charge in [-0.15, -0.1) is 6.58 Å². The van der Waals surface area contributed by atoms with E-state index in [2.05, 4.69) is 18.8 Å². The maximum absolute atomic E-state index is 11.9. The molecule has 2 unspecified atom stereocenters. The van der Waals surface area contributed by atoms with Crippen LogP contribution < -0.4 is 5.32 Å². The third kappa shape index (κ3) is 3.88. The van der Waals surface area contributed by atoms with Crippen molar-refractivity contribution in [3.63, 3.8) is 0 Å². The lowest BCUT2D eigenvalue weighted by atomic mass is 10.2. The van der Waals surface area contributed by atoms with Gasteiger partial charge in [0, 0.05) is 20.1 Å². The summed E-state index contributed by atoms with van der Waals surface area (Å²) < 4.78 is 0. The van der Waals surface area contributed by atoms with Crippen LogP contribution in [0.15, 0.2) is 12.7 Å². The van der Waals surface area contributed by atoms with Crippen LogP contribution in [0.4, 0.5) is 0 Å². The highest BCUT2D eigenvalue weighted by Gasteiger charge is 2.48. The smallest absolute Gasteiger partial charge is 0.226 e. The van der Waals surface area contributed by atoms with Gasteiger partial charge in [-0.05, 0) is 12.8 Å². The minimum atomic E-state index is -0.119. The van der Waals surface area contributed by atoms with E-state index in [-0.39, 0.29) is 23.7 Å². The number of amides is 2. The summed E-state index contributed by atoms with van der Waals surface area (Å²) >= 11 is 0. The van der Waals surface area contributed by atoms with E-state index in [4.69, 9.17) is 0 Å². The predicted molar refractivity (Wildman–Crippen MR) is 67.3 cm³/mol. The molecule has 2 amide bonds. The maximum Gasteiger partial charge on any atom is 0.226 e. The third-order valence-corrected chi connectivity index (χ3v) is 3.09. The summed E-state index contributed by atoms with van der Waals surface area (Å²) in [4.78, 5) is 25.3. The van der Waals surface area contributed by atoms with Crippen LogP contribution in [0, 0.1) is 11.8 Å². The largest absolute Gasteiger partial charge is 0.352 e. The number of hydrogen-bond acceptors (Lipinski definition) is 2. The van der Waals surface area contributed by atoms with Gasteiger partial charge in [-0.1, -0.05) is 19.4 Å². The lowest BCUT2D eigenvalue weighted by Gasteiger charge is -2.16. The first-order valence-electron chi connectivity index (χ1n) is 6.25. The van der Waals surface area contributed by atoms with E-state index in [1.807, 2.05) is 7.05 Å². The second-order valence-corrected chi connectivity index (χ2v) is 4.60. The van der Waals surface area contributed by atoms with E-state index in [0.717, 1.165) is 19.4 Å². The monoisotopic (exact) mass is 238 g/mol. The Labute approximate surface area is 103 Å². The molecule has 1 saturated carbocycles. The normalized spacial score (nSPS) is 21.8. The summed E-state index contributed by atoms with van der Waals surface area (Å²) in [5.41, 5.74) is 0. The Morgan fingerprint density at radius 1 is 1.47 bits per heavy atom. The molecule has 0 bridgehead atoms. The van der Waals surface area contributed by atoms with E-state index < -0.39 is 0 Å². The zero-order valence-corrected chi connectivity index (χ0v) is 10.7. The van der Waals surface area contributed by atoms with E-state index in [1.54, 1.807) is 11.0 Å². The van der Waals surface area contributed by atoms with Crippen molar-refractivity contribution in [3.05, 3.63) is 12.7 Å². The first-order valence-corrected chi connectivity index (χ1v) is 6.25. The quantitative estimate of drug-likeness (QED) is 0.677. The first-order chi connectivity index (χ1) is 8.11. The van der Waals surface area contributed by atoms with Crippen LogP contribution in [0.2, 0.25) is 0 Å². The Morgan fingerprint density at radius 3 is 2.76 bits per heavy atom. The number of rotatable bonds is 7. The van der Waals surface area contributed by atoms with E-state index in [9.17, 15) is 9.59 Å². The van der Waals surface area contributed by atoms with Crippen LogP contribution >= 0.6 is 0 Å². The van der Waals surface area contributed by atoms with Gasteiger partial charge in [0.1, 0.15) is 0 Å². The van der Waals surface area contributed by atoms with E-state index >= 15 is 0 Å². The summed E-state index contributed by atoms with van der Waals surface area (Å²) in [6, 6.07) is 0. The van der Waals surface area contributed by atoms with E-state index in [1.165, 1.54) is 0 Å². The van der Waals surface area contributed by atoms with Gasteiger partial charge in [-0.25, -0.2) is 0 Å². The number of nitrogens with zero attached hydrogens (tertiary/aromatic N) is 1. The van der Waals surface area contributed by atoms with Crippen LogP contribution in [0.1, 0.15) is 26.2 Å². The lowest BCUT2D eigenvalue weighted by Crippen LogP contribution is -2.32. The molecule has 2 atom stereocenters. The van der Waals surface area contributed by atoms with Crippen LogP contribution in [-0.4, -0.2) is 36.9 Å². The summed E-state index contributed by atoms with van der Waals surface area (Å²) in [5, 5.41) is 2.73. The molecule has 1 rings (SSSR count). The van der Waals surface area contributed by atoms with Gasteiger partial charge >= 0.3 is 0 Å². The fraction of sp³-hybridized carbons (Fsp3) is 0.692. The molecule has 0 aliphatic heterocycles. The molecule has 4 heteroatoms. The molecule has 0 radical (unpaired) electrons. The van der Waals surface area contributed by atoms with Crippen molar-refractivity contribution >= 4 is 11.8 Å². The van der Waals surface area contributed by atoms with Crippen molar-refractivity contribution in [2.24, 2.45) is 11.8 Å². The van der Waals surface area contributed by atoms with Crippen molar-refractivity contribution < 1.29 is 9.59 Å². The van der Waals surface area contributed by atoms with Gasteiger partial charge in [0.05, 0.1) is 11.8 Å². The second kappa shape index (κ2) is 6.42. The zero-order chi connectivity index (χ0) is 12.8. The molecule has 17 heavy (non-hydrogen) atoms. The molecular weight excluding hydrogens is 216 g/mol. The van der Waals surface area contributed by atoms with Gasteiger partial charge in [0.25, 0.3) is 0 Å². The fourth-order valence-electron chi connectivity index (χ4n) is 1.85. The molecule has 4 nitrogen and oxygen atoms in total. The molecule has 0 aromatic carbocycles. The molecule has 1 aliphatic rings. The first kappa shape index (κ1) is 13.7. The van der Waals surface area contributed by atoms with Crippen LogP contribution in [-0.2, 0) is 9.59 Å². The van der Waals surface area contributed by atoms with Gasteiger partial charge in [-0.2, -0.15) is 0 Å². The van der Waals surface area contributed by atoms with Gasteiger partial charge in [0.2, 0.25) is 11.8 Å². The standard InChI is InChI=1S/C13H22N2O2/c1-4-6-8-15(3)13(17)11-9-10(11)12(16)14-7-5-2/h5,10-11H,2,4,6-9H2,1,3H3,(H,14,16). The summed E-state index contributed by atoms with van der Waals surface area (Å²) in [5.74, 6) is -0.127. The van der Waals surface area contributed by atoms with Crippen LogP contribution in [0.3, 0.4) is 0 Å². The molecule has 0 aromatic heterocycles. The molecule has 1 fully saturated rings. The van der Waals surface area contributed by atoms with Crippen LogP contribution in [0.5, 0.6) is 0 Å². The summed E-state index contributed by atoms with van der Waals surface area (Å²) in [6.45, 7) is 6.90. The topological polar surface area (TPSA) is 49.4 Å². The Morgan fingerprint density at radius 2 is 2.18 bits per heavy atom. The molecule has 96 valence electrons. The third-order valence-electron chi connectivity index (χ3n) is 3.09. The Kier molecular flexibility index (Phi) is 5.19. The number of hydrogen-bond donors (Lipinski definition) is 1. The number of nitrogens with one attached hydrogen (secondary N) is 1. The maximum atomic E-state index is 11.9. The Hall–Kier alpha value is -1.32.